The van der Waals surface area contributed by atoms with Gasteiger partial charge in [-0.25, -0.2) is 8.42 Å². The number of rotatable bonds is 4. The molecule has 0 fully saturated rings. The molecule has 1 aliphatic heterocycles. The molecule has 0 bridgehead atoms. The smallest absolute Gasteiger partial charge is 0.261 e. The standard InChI is InChI=1S/C25H22ClN3O3S/c1-15-11-19-13-22(8-10-25(19)29(15)16(2)30)33(31,32)28-21-6-3-17(4-7-21)24-14-18-12-20(26)5-9-23(18)27-24/h3-10,12-15,27-28H,11H2,1-2H3/t15-/m0/s1. The predicted octanol–water partition coefficient (Wildman–Crippen LogP) is 5.59. The SMILES string of the molecule is CC(=O)N1c2ccc(S(=O)(=O)Nc3ccc(-c4cc5cc(Cl)ccc5[nH]4)cc3)cc2C[C@@H]1C. The molecule has 168 valence electrons. The molecule has 2 N–H and O–H groups in total. The summed E-state index contributed by atoms with van der Waals surface area (Å²) in [6, 6.07) is 19.8. The van der Waals surface area contributed by atoms with Gasteiger partial charge in [0.25, 0.3) is 10.0 Å². The summed E-state index contributed by atoms with van der Waals surface area (Å²) >= 11 is 6.07. The number of H-pyrrole nitrogens is 1. The van der Waals surface area contributed by atoms with E-state index in [0.717, 1.165) is 33.4 Å². The summed E-state index contributed by atoms with van der Waals surface area (Å²) < 4.78 is 28.6. The number of benzene rings is 3. The maximum atomic E-state index is 13.0. The van der Waals surface area contributed by atoms with Gasteiger partial charge in [-0.15, -0.1) is 0 Å². The van der Waals surface area contributed by atoms with Crippen LogP contribution in [-0.4, -0.2) is 25.4 Å². The Morgan fingerprint density at radius 1 is 1.06 bits per heavy atom. The minimum absolute atomic E-state index is 0.0108. The van der Waals surface area contributed by atoms with Crippen LogP contribution in [-0.2, 0) is 21.2 Å². The maximum Gasteiger partial charge on any atom is 0.261 e. The van der Waals surface area contributed by atoms with Crippen molar-refractivity contribution in [2.75, 3.05) is 9.62 Å². The molecule has 8 heteroatoms. The van der Waals surface area contributed by atoms with Gasteiger partial charge in [-0.2, -0.15) is 0 Å². The molecule has 33 heavy (non-hydrogen) atoms. The van der Waals surface area contributed by atoms with Crippen molar-refractivity contribution in [3.05, 3.63) is 77.3 Å². The van der Waals surface area contributed by atoms with E-state index in [1.807, 2.05) is 43.3 Å². The predicted molar refractivity (Wildman–Crippen MR) is 132 cm³/mol. The number of carbonyl (C=O) groups excluding carboxylic acids is 1. The maximum absolute atomic E-state index is 13.0. The molecular weight excluding hydrogens is 458 g/mol. The lowest BCUT2D eigenvalue weighted by atomic mass is 10.1. The minimum Gasteiger partial charge on any atom is -0.355 e. The van der Waals surface area contributed by atoms with Crippen LogP contribution in [0, 0.1) is 0 Å². The van der Waals surface area contributed by atoms with Crippen molar-refractivity contribution in [2.45, 2.75) is 31.2 Å². The summed E-state index contributed by atoms with van der Waals surface area (Å²) in [6.45, 7) is 3.48. The number of aromatic amines is 1. The van der Waals surface area contributed by atoms with Gasteiger partial charge in [0.05, 0.1) is 4.90 Å². The van der Waals surface area contributed by atoms with E-state index in [-0.39, 0.29) is 16.8 Å². The Labute approximate surface area is 197 Å². The van der Waals surface area contributed by atoms with Gasteiger partial charge in [-0.05, 0) is 79.1 Å². The highest BCUT2D eigenvalue weighted by molar-refractivity contribution is 7.92. The van der Waals surface area contributed by atoms with Crippen molar-refractivity contribution in [3.8, 4) is 11.3 Å². The summed E-state index contributed by atoms with van der Waals surface area (Å²) in [5, 5.41) is 1.68. The van der Waals surface area contributed by atoms with E-state index in [1.54, 1.807) is 35.2 Å². The Morgan fingerprint density at radius 2 is 1.82 bits per heavy atom. The number of carbonyl (C=O) groups is 1. The second-order valence-corrected chi connectivity index (χ2v) is 10.4. The lowest BCUT2D eigenvalue weighted by molar-refractivity contribution is -0.116. The number of hydrogen-bond acceptors (Lipinski definition) is 3. The monoisotopic (exact) mass is 479 g/mol. The van der Waals surface area contributed by atoms with Crippen molar-refractivity contribution >= 4 is 49.8 Å². The highest BCUT2D eigenvalue weighted by Gasteiger charge is 2.30. The molecule has 1 atom stereocenters. The molecule has 0 unspecified atom stereocenters. The van der Waals surface area contributed by atoms with Crippen LogP contribution in [0.2, 0.25) is 5.02 Å². The molecule has 6 nitrogen and oxygen atoms in total. The van der Waals surface area contributed by atoms with Gasteiger partial charge in [0.1, 0.15) is 0 Å². The number of nitrogens with zero attached hydrogens (tertiary/aromatic N) is 1. The molecular formula is C25H22ClN3O3S. The highest BCUT2D eigenvalue weighted by Crippen LogP contribution is 2.34. The molecule has 5 rings (SSSR count). The zero-order valence-electron chi connectivity index (χ0n) is 18.1. The Hall–Kier alpha value is -3.29. The Kier molecular flexibility index (Phi) is 5.18. The van der Waals surface area contributed by atoms with Crippen LogP contribution in [0.4, 0.5) is 11.4 Å². The average molecular weight is 480 g/mol. The van der Waals surface area contributed by atoms with E-state index in [4.69, 9.17) is 11.6 Å². The van der Waals surface area contributed by atoms with E-state index < -0.39 is 10.0 Å². The van der Waals surface area contributed by atoms with Gasteiger partial charge in [-0.1, -0.05) is 23.7 Å². The lowest BCUT2D eigenvalue weighted by Gasteiger charge is -2.20. The number of anilines is 2. The fraction of sp³-hybridized carbons (Fsp3) is 0.160. The van der Waals surface area contributed by atoms with Crippen LogP contribution < -0.4 is 9.62 Å². The Balaban J connectivity index is 1.38. The molecule has 1 aliphatic rings. The van der Waals surface area contributed by atoms with E-state index >= 15 is 0 Å². The lowest BCUT2D eigenvalue weighted by Crippen LogP contribution is -2.33. The van der Waals surface area contributed by atoms with Gasteiger partial charge < -0.3 is 9.88 Å². The van der Waals surface area contributed by atoms with Crippen LogP contribution in [0.5, 0.6) is 0 Å². The van der Waals surface area contributed by atoms with Crippen LogP contribution >= 0.6 is 11.6 Å². The first-order chi connectivity index (χ1) is 15.7. The van der Waals surface area contributed by atoms with Crippen molar-refractivity contribution in [1.29, 1.82) is 0 Å². The Morgan fingerprint density at radius 3 is 2.55 bits per heavy atom. The summed E-state index contributed by atoms with van der Waals surface area (Å²) in [5.41, 5.74) is 4.93. The first kappa shape index (κ1) is 21.6. The molecule has 0 saturated carbocycles. The zero-order valence-corrected chi connectivity index (χ0v) is 19.7. The van der Waals surface area contributed by atoms with Crippen molar-refractivity contribution < 1.29 is 13.2 Å². The van der Waals surface area contributed by atoms with E-state index in [2.05, 4.69) is 9.71 Å². The number of hydrogen-bond donors (Lipinski definition) is 2. The third-order valence-corrected chi connectivity index (χ3v) is 7.56. The van der Waals surface area contributed by atoms with Gasteiger partial charge in [-0.3, -0.25) is 9.52 Å². The van der Waals surface area contributed by atoms with E-state index in [9.17, 15) is 13.2 Å². The molecule has 4 aromatic rings. The molecule has 2 heterocycles. The van der Waals surface area contributed by atoms with Crippen molar-refractivity contribution in [2.24, 2.45) is 0 Å². The number of nitrogens with one attached hydrogen (secondary N) is 2. The summed E-state index contributed by atoms with van der Waals surface area (Å²) in [5.74, 6) is -0.0480. The fourth-order valence-electron chi connectivity index (χ4n) is 4.45. The largest absolute Gasteiger partial charge is 0.355 e. The number of sulfonamides is 1. The van der Waals surface area contributed by atoms with Crippen LogP contribution in [0.3, 0.4) is 0 Å². The number of halogens is 1. The van der Waals surface area contributed by atoms with Gasteiger partial charge in [0, 0.05) is 46.0 Å². The molecule has 0 radical (unpaired) electrons. The minimum atomic E-state index is -3.77. The van der Waals surface area contributed by atoms with Gasteiger partial charge in [0.2, 0.25) is 5.91 Å². The summed E-state index contributed by atoms with van der Waals surface area (Å²) in [7, 11) is -3.77. The third kappa shape index (κ3) is 3.98. The third-order valence-electron chi connectivity index (χ3n) is 5.95. The van der Waals surface area contributed by atoms with Crippen LogP contribution in [0.15, 0.2) is 71.6 Å². The topological polar surface area (TPSA) is 82.3 Å². The Bertz CT molecular complexity index is 1490. The quantitative estimate of drug-likeness (QED) is 0.400. The van der Waals surface area contributed by atoms with Gasteiger partial charge >= 0.3 is 0 Å². The summed E-state index contributed by atoms with van der Waals surface area (Å²) in [4.78, 5) is 17.2. The first-order valence-corrected chi connectivity index (χ1v) is 12.4. The van der Waals surface area contributed by atoms with Crippen molar-refractivity contribution in [1.82, 2.24) is 4.98 Å². The molecule has 1 amide bonds. The second kappa shape index (κ2) is 7.93. The molecule has 1 aromatic heterocycles. The molecule has 0 spiro atoms. The number of amides is 1. The average Bonchev–Trinajstić information content (AvgIpc) is 3.33. The van der Waals surface area contributed by atoms with Gasteiger partial charge in [0.15, 0.2) is 0 Å². The van der Waals surface area contributed by atoms with Crippen molar-refractivity contribution in [3.63, 3.8) is 0 Å². The molecule has 0 aliphatic carbocycles. The van der Waals surface area contributed by atoms with Crippen LogP contribution in [0.1, 0.15) is 19.4 Å². The number of fused-ring (bicyclic) bond motifs is 2. The molecule has 3 aromatic carbocycles. The zero-order chi connectivity index (χ0) is 23.3. The first-order valence-electron chi connectivity index (χ1n) is 10.6. The van der Waals surface area contributed by atoms with E-state index in [1.165, 1.54) is 6.92 Å². The fourth-order valence-corrected chi connectivity index (χ4v) is 5.73. The summed E-state index contributed by atoms with van der Waals surface area (Å²) in [6.07, 6.45) is 0.628. The highest BCUT2D eigenvalue weighted by atomic mass is 35.5. The normalized spacial score (nSPS) is 15.6. The van der Waals surface area contributed by atoms with Crippen LogP contribution in [0.25, 0.3) is 22.2 Å². The second-order valence-electron chi connectivity index (χ2n) is 8.33. The molecule has 0 saturated heterocycles. The number of aromatic nitrogens is 1. The van der Waals surface area contributed by atoms with E-state index in [0.29, 0.717) is 17.1 Å².